The first-order valence-corrected chi connectivity index (χ1v) is 4.29. The van der Waals surface area contributed by atoms with Crippen molar-refractivity contribution in [3.63, 3.8) is 0 Å². The van der Waals surface area contributed by atoms with E-state index in [9.17, 15) is 9.59 Å². The second-order valence-electron chi connectivity index (χ2n) is 3.38. The number of nitrogens with one attached hydrogen (secondary N) is 1. The highest BCUT2D eigenvalue weighted by Gasteiger charge is 2.26. The minimum Gasteiger partial charge on any atom is -0.370 e. The Kier molecular flexibility index (Phi) is 5.11. The maximum absolute atomic E-state index is 11.2. The summed E-state index contributed by atoms with van der Waals surface area (Å²) in [6.07, 6.45) is 0. The zero-order valence-corrected chi connectivity index (χ0v) is 8.50. The lowest BCUT2D eigenvalue weighted by Crippen LogP contribution is -2.53. The van der Waals surface area contributed by atoms with Crippen LogP contribution in [-0.2, 0) is 14.3 Å². The van der Waals surface area contributed by atoms with E-state index >= 15 is 0 Å². The van der Waals surface area contributed by atoms with Gasteiger partial charge >= 0.3 is 0 Å². The smallest absolute Gasteiger partial charge is 0.246 e. The van der Waals surface area contributed by atoms with E-state index < -0.39 is 11.4 Å². The molecular weight excluding hydrogens is 186 g/mol. The van der Waals surface area contributed by atoms with Gasteiger partial charge in [-0.05, 0) is 13.8 Å². The summed E-state index contributed by atoms with van der Waals surface area (Å²) in [5, 5.41) is 2.44. The molecule has 2 amide bonds. The van der Waals surface area contributed by atoms with Gasteiger partial charge in [0.2, 0.25) is 11.8 Å². The van der Waals surface area contributed by atoms with Crippen molar-refractivity contribution in [1.29, 1.82) is 0 Å². The molecule has 0 saturated heterocycles. The molecule has 0 aliphatic carbocycles. The molecule has 0 aliphatic heterocycles. The minimum absolute atomic E-state index is 0.117. The fraction of sp³-hybridized carbons (Fsp3) is 0.750. The topological polar surface area (TPSA) is 107 Å². The zero-order valence-electron chi connectivity index (χ0n) is 8.50. The first-order valence-electron chi connectivity index (χ1n) is 4.29. The van der Waals surface area contributed by atoms with Crippen molar-refractivity contribution >= 4 is 11.8 Å². The molecule has 14 heavy (non-hydrogen) atoms. The Morgan fingerprint density at radius 1 is 1.43 bits per heavy atom. The number of carbonyl (C=O) groups is 2. The molecule has 5 N–H and O–H groups in total. The zero-order chi connectivity index (χ0) is 11.2. The summed E-state index contributed by atoms with van der Waals surface area (Å²) in [4.78, 5) is 22.0. The lowest BCUT2D eigenvalue weighted by Gasteiger charge is -2.21. The molecule has 0 bridgehead atoms. The number of primary amides is 1. The average Bonchev–Trinajstić information content (AvgIpc) is 2.03. The van der Waals surface area contributed by atoms with Crippen LogP contribution >= 0.6 is 0 Å². The third-order valence-corrected chi connectivity index (χ3v) is 1.56. The van der Waals surface area contributed by atoms with Crippen LogP contribution in [0.1, 0.15) is 13.8 Å². The molecule has 0 aliphatic rings. The van der Waals surface area contributed by atoms with Crippen molar-refractivity contribution in [3.05, 3.63) is 0 Å². The van der Waals surface area contributed by atoms with Gasteiger partial charge in [0.25, 0.3) is 0 Å². The summed E-state index contributed by atoms with van der Waals surface area (Å²) >= 11 is 0. The predicted molar refractivity (Wildman–Crippen MR) is 51.3 cm³/mol. The van der Waals surface area contributed by atoms with Gasteiger partial charge in [-0.3, -0.25) is 9.59 Å². The van der Waals surface area contributed by atoms with Crippen LogP contribution in [-0.4, -0.2) is 37.1 Å². The van der Waals surface area contributed by atoms with Crippen LogP contribution in [0.4, 0.5) is 0 Å². The SMILES string of the molecule is CC(C)(NC(=O)COCCN)C(N)=O. The second-order valence-corrected chi connectivity index (χ2v) is 3.38. The normalized spacial score (nSPS) is 11.1. The van der Waals surface area contributed by atoms with Gasteiger partial charge in [0.1, 0.15) is 12.1 Å². The highest BCUT2D eigenvalue weighted by Crippen LogP contribution is 1.99. The van der Waals surface area contributed by atoms with Crippen LogP contribution in [0.5, 0.6) is 0 Å². The molecule has 6 heteroatoms. The van der Waals surface area contributed by atoms with E-state index in [1.165, 1.54) is 13.8 Å². The van der Waals surface area contributed by atoms with E-state index in [1.807, 2.05) is 0 Å². The summed E-state index contributed by atoms with van der Waals surface area (Å²) in [7, 11) is 0. The summed E-state index contributed by atoms with van der Waals surface area (Å²) in [6, 6.07) is 0. The van der Waals surface area contributed by atoms with Crippen molar-refractivity contribution < 1.29 is 14.3 Å². The van der Waals surface area contributed by atoms with Gasteiger partial charge in [0.05, 0.1) is 6.61 Å². The lowest BCUT2D eigenvalue weighted by molar-refractivity contribution is -0.132. The minimum atomic E-state index is -1.05. The summed E-state index contributed by atoms with van der Waals surface area (Å²) in [5.74, 6) is -0.980. The number of hydrogen-bond donors (Lipinski definition) is 3. The van der Waals surface area contributed by atoms with Crippen molar-refractivity contribution in [2.75, 3.05) is 19.8 Å². The number of nitrogens with two attached hydrogens (primary N) is 2. The maximum Gasteiger partial charge on any atom is 0.246 e. The van der Waals surface area contributed by atoms with E-state index in [4.69, 9.17) is 16.2 Å². The van der Waals surface area contributed by atoms with Crippen LogP contribution < -0.4 is 16.8 Å². The van der Waals surface area contributed by atoms with E-state index in [-0.39, 0.29) is 12.5 Å². The molecule has 0 aromatic rings. The van der Waals surface area contributed by atoms with Gasteiger partial charge in [-0.25, -0.2) is 0 Å². The van der Waals surface area contributed by atoms with Crippen molar-refractivity contribution in [2.45, 2.75) is 19.4 Å². The van der Waals surface area contributed by atoms with Crippen LogP contribution in [0.3, 0.4) is 0 Å². The highest BCUT2D eigenvalue weighted by molar-refractivity contribution is 5.89. The summed E-state index contributed by atoms with van der Waals surface area (Å²) < 4.78 is 4.88. The number of rotatable bonds is 6. The molecule has 0 saturated carbocycles. The molecule has 0 rings (SSSR count). The van der Waals surface area contributed by atoms with Crippen molar-refractivity contribution in [2.24, 2.45) is 11.5 Å². The first kappa shape index (κ1) is 12.9. The molecule has 0 radical (unpaired) electrons. The predicted octanol–water partition coefficient (Wildman–Crippen LogP) is -1.66. The summed E-state index contributed by atoms with van der Waals surface area (Å²) in [6.45, 7) is 3.59. The second kappa shape index (κ2) is 5.56. The molecule has 82 valence electrons. The number of ether oxygens (including phenoxy) is 1. The van der Waals surface area contributed by atoms with Gasteiger partial charge in [0, 0.05) is 6.54 Å². The van der Waals surface area contributed by atoms with Gasteiger partial charge in [-0.15, -0.1) is 0 Å². The average molecular weight is 203 g/mol. The molecule has 0 spiro atoms. The molecule has 0 atom stereocenters. The van der Waals surface area contributed by atoms with Gasteiger partial charge in [-0.2, -0.15) is 0 Å². The van der Waals surface area contributed by atoms with Crippen LogP contribution in [0.2, 0.25) is 0 Å². The highest BCUT2D eigenvalue weighted by atomic mass is 16.5. The molecule has 0 unspecified atom stereocenters. The quantitative estimate of drug-likeness (QED) is 0.449. The molecule has 6 nitrogen and oxygen atoms in total. The Balaban J connectivity index is 3.88. The lowest BCUT2D eigenvalue weighted by atomic mass is 10.1. The Bertz CT molecular complexity index is 216. The van der Waals surface area contributed by atoms with Crippen molar-refractivity contribution in [3.8, 4) is 0 Å². The van der Waals surface area contributed by atoms with Gasteiger partial charge < -0.3 is 21.5 Å². The van der Waals surface area contributed by atoms with E-state index in [0.717, 1.165) is 0 Å². The fourth-order valence-corrected chi connectivity index (χ4v) is 0.694. The van der Waals surface area contributed by atoms with Crippen LogP contribution in [0.25, 0.3) is 0 Å². The number of carbonyl (C=O) groups excluding carboxylic acids is 2. The van der Waals surface area contributed by atoms with E-state index in [0.29, 0.717) is 13.2 Å². The third-order valence-electron chi connectivity index (χ3n) is 1.56. The monoisotopic (exact) mass is 203 g/mol. The molecule has 0 aromatic heterocycles. The molecular formula is C8H17N3O3. The van der Waals surface area contributed by atoms with Gasteiger partial charge in [-0.1, -0.05) is 0 Å². The van der Waals surface area contributed by atoms with Crippen LogP contribution in [0.15, 0.2) is 0 Å². The molecule has 0 heterocycles. The standard InChI is InChI=1S/C8H17N3O3/c1-8(2,7(10)13)11-6(12)5-14-4-3-9/h3-5,9H2,1-2H3,(H2,10,13)(H,11,12). The maximum atomic E-state index is 11.2. The Morgan fingerprint density at radius 3 is 2.43 bits per heavy atom. The van der Waals surface area contributed by atoms with Gasteiger partial charge in [0.15, 0.2) is 0 Å². The first-order chi connectivity index (χ1) is 6.40. The van der Waals surface area contributed by atoms with Crippen LogP contribution in [0, 0.1) is 0 Å². The number of amides is 2. The Morgan fingerprint density at radius 2 is 2.00 bits per heavy atom. The van der Waals surface area contributed by atoms with Crippen molar-refractivity contribution in [1.82, 2.24) is 5.32 Å². The largest absolute Gasteiger partial charge is 0.370 e. The Hall–Kier alpha value is -1.14. The third kappa shape index (κ3) is 4.78. The molecule has 0 aromatic carbocycles. The number of hydrogen-bond acceptors (Lipinski definition) is 4. The van der Waals surface area contributed by atoms with E-state index in [1.54, 1.807) is 0 Å². The summed E-state index contributed by atoms with van der Waals surface area (Å²) in [5.41, 5.74) is 9.17. The fourth-order valence-electron chi connectivity index (χ4n) is 0.694. The molecule has 0 fully saturated rings. The van der Waals surface area contributed by atoms with E-state index in [2.05, 4.69) is 5.32 Å². The Labute approximate surface area is 83.0 Å².